The number of esters is 1. The molecule has 0 aromatic rings. The fourth-order valence-electron chi connectivity index (χ4n) is 6.01. The number of carbonyl (C=O) groups excluding carboxylic acids is 1. The molecular formula is C25H38O4. The molecule has 0 aromatic heterocycles. The van der Waals surface area contributed by atoms with Gasteiger partial charge in [0.1, 0.15) is 0 Å². The molecule has 0 radical (unpaired) electrons. The van der Waals surface area contributed by atoms with Crippen LogP contribution in [0.2, 0.25) is 0 Å². The molecule has 0 bridgehead atoms. The molecule has 0 amide bonds. The van der Waals surface area contributed by atoms with Gasteiger partial charge >= 0.3 is 5.97 Å². The predicted octanol–water partition coefficient (Wildman–Crippen LogP) is 5.06. The van der Waals surface area contributed by atoms with Crippen molar-refractivity contribution in [3.8, 4) is 0 Å². The Hall–Kier alpha value is -1.39. The number of allylic oxidation sites excluding steroid dienone is 3. The van der Waals surface area contributed by atoms with Crippen molar-refractivity contribution in [3.63, 3.8) is 0 Å². The molecule has 4 nitrogen and oxygen atoms in total. The van der Waals surface area contributed by atoms with Crippen LogP contribution in [-0.4, -0.2) is 28.6 Å². The van der Waals surface area contributed by atoms with E-state index in [2.05, 4.69) is 40.3 Å². The first-order chi connectivity index (χ1) is 13.6. The molecule has 1 heterocycles. The summed E-state index contributed by atoms with van der Waals surface area (Å²) in [5.41, 5.74) is 3.27. The van der Waals surface area contributed by atoms with Gasteiger partial charge in [-0.25, -0.2) is 4.79 Å². The molecule has 3 rings (SSSR count). The number of aliphatic hydroxyl groups is 2. The highest BCUT2D eigenvalue weighted by atomic mass is 16.6. The van der Waals surface area contributed by atoms with Gasteiger partial charge in [0.15, 0.2) is 0 Å². The summed E-state index contributed by atoms with van der Waals surface area (Å²) < 4.78 is 4.79. The van der Waals surface area contributed by atoms with Crippen molar-refractivity contribution >= 4 is 5.97 Å². The van der Waals surface area contributed by atoms with Crippen LogP contribution in [0.1, 0.15) is 79.1 Å². The van der Waals surface area contributed by atoms with E-state index in [0.29, 0.717) is 23.8 Å². The van der Waals surface area contributed by atoms with Gasteiger partial charge in [-0.3, -0.25) is 0 Å². The molecule has 29 heavy (non-hydrogen) atoms. The lowest BCUT2D eigenvalue weighted by Crippen LogP contribution is -2.46. The van der Waals surface area contributed by atoms with Crippen LogP contribution in [0.25, 0.3) is 0 Å². The summed E-state index contributed by atoms with van der Waals surface area (Å²) in [5.74, 6) is 0.288. The Balaban J connectivity index is 1.81. The Labute approximate surface area is 175 Å². The number of aliphatic hydroxyl groups excluding tert-OH is 2. The molecule has 162 valence electrons. The zero-order valence-corrected chi connectivity index (χ0v) is 18.5. The average Bonchev–Trinajstić information content (AvgIpc) is 2.97. The largest absolute Gasteiger partial charge is 0.429 e. The number of carbonyl (C=O) groups is 1. The van der Waals surface area contributed by atoms with Crippen LogP contribution in [0, 0.1) is 22.7 Å². The zero-order chi connectivity index (χ0) is 21.4. The van der Waals surface area contributed by atoms with E-state index >= 15 is 0 Å². The topological polar surface area (TPSA) is 66.8 Å². The van der Waals surface area contributed by atoms with Crippen molar-refractivity contribution in [1.29, 1.82) is 0 Å². The predicted molar refractivity (Wildman–Crippen MR) is 115 cm³/mol. The van der Waals surface area contributed by atoms with Crippen molar-refractivity contribution in [2.24, 2.45) is 22.7 Å². The van der Waals surface area contributed by atoms with Crippen molar-refractivity contribution in [2.75, 3.05) is 0 Å². The third-order valence-electron chi connectivity index (χ3n) is 8.05. The van der Waals surface area contributed by atoms with E-state index in [1.54, 1.807) is 5.57 Å². The van der Waals surface area contributed by atoms with Crippen molar-refractivity contribution in [3.05, 3.63) is 35.5 Å². The highest BCUT2D eigenvalue weighted by molar-refractivity contribution is 5.85. The number of fused-ring (bicyclic) bond motifs is 1. The van der Waals surface area contributed by atoms with Crippen molar-refractivity contribution in [2.45, 2.75) is 91.5 Å². The van der Waals surface area contributed by atoms with E-state index in [1.165, 1.54) is 37.3 Å². The third kappa shape index (κ3) is 4.39. The second-order valence-corrected chi connectivity index (χ2v) is 10.3. The molecule has 1 saturated carbocycles. The second-order valence-electron chi connectivity index (χ2n) is 10.3. The normalized spacial score (nSPS) is 38.0. The number of cyclic esters (lactones) is 1. The molecule has 0 saturated heterocycles. The van der Waals surface area contributed by atoms with Gasteiger partial charge in [0.25, 0.3) is 0 Å². The quantitative estimate of drug-likeness (QED) is 0.461. The van der Waals surface area contributed by atoms with Gasteiger partial charge in [-0.2, -0.15) is 0 Å². The van der Waals surface area contributed by atoms with Crippen LogP contribution in [0.15, 0.2) is 35.5 Å². The molecular weight excluding hydrogens is 364 g/mol. The summed E-state index contributed by atoms with van der Waals surface area (Å²) in [5, 5.41) is 20.9. The lowest BCUT2D eigenvalue weighted by Gasteiger charge is -2.54. The van der Waals surface area contributed by atoms with E-state index < -0.39 is 18.4 Å². The minimum atomic E-state index is -1.31. The number of rotatable bonds is 7. The molecule has 2 N–H and O–H groups in total. The van der Waals surface area contributed by atoms with Gasteiger partial charge in [0.2, 0.25) is 6.29 Å². The van der Waals surface area contributed by atoms with Gasteiger partial charge in [0, 0.05) is 11.6 Å². The maximum Gasteiger partial charge on any atom is 0.333 e. The summed E-state index contributed by atoms with van der Waals surface area (Å²) in [7, 11) is 0. The molecule has 3 aliphatic rings. The Morgan fingerprint density at radius 2 is 2.14 bits per heavy atom. The lowest BCUT2D eigenvalue weighted by atomic mass is 9.50. The molecule has 1 aliphatic heterocycles. The summed E-state index contributed by atoms with van der Waals surface area (Å²) in [6, 6.07) is 0. The highest BCUT2D eigenvalue weighted by Crippen LogP contribution is 2.59. The van der Waals surface area contributed by atoms with Crippen molar-refractivity contribution in [1.82, 2.24) is 0 Å². The van der Waals surface area contributed by atoms with Gasteiger partial charge in [-0.1, -0.05) is 44.4 Å². The van der Waals surface area contributed by atoms with Crippen LogP contribution in [0.5, 0.6) is 0 Å². The summed E-state index contributed by atoms with van der Waals surface area (Å²) in [4.78, 5) is 11.5. The molecule has 6 atom stereocenters. The third-order valence-corrected chi connectivity index (χ3v) is 8.05. The zero-order valence-electron chi connectivity index (χ0n) is 18.5. The Morgan fingerprint density at radius 3 is 2.76 bits per heavy atom. The fraction of sp³-hybridized carbons (Fsp3) is 0.720. The number of hydrogen-bond acceptors (Lipinski definition) is 4. The van der Waals surface area contributed by atoms with E-state index in [4.69, 9.17) is 4.74 Å². The molecule has 0 aromatic carbocycles. The summed E-state index contributed by atoms with van der Waals surface area (Å²) in [6.45, 7) is 13.1. The Bertz CT molecular complexity index is 720. The van der Waals surface area contributed by atoms with E-state index in [-0.39, 0.29) is 10.8 Å². The maximum atomic E-state index is 11.5. The van der Waals surface area contributed by atoms with Crippen LogP contribution < -0.4 is 0 Å². The molecule has 2 aliphatic carbocycles. The first-order valence-corrected chi connectivity index (χ1v) is 11.2. The standard InChI is InChI=1S/C25H38O4/c1-16(2)8-6-12-24(4)13-7-9-20-19(24)11-10-17(3)25(20,5)15-21(26)18-14-22(27)29-23(18)28/h11,14,17,20-21,23,26,28H,1,6-10,12-13,15H2,2-5H3. The lowest BCUT2D eigenvalue weighted by molar-refractivity contribution is -0.152. The fourth-order valence-corrected chi connectivity index (χ4v) is 6.01. The first kappa shape index (κ1) is 22.3. The SMILES string of the molecule is C=C(C)CCCC1(C)CCCC2C1=CCC(C)C2(C)CC(O)C1=CC(=O)OC1O. The minimum Gasteiger partial charge on any atom is -0.429 e. The highest BCUT2D eigenvalue weighted by Gasteiger charge is 2.50. The first-order valence-electron chi connectivity index (χ1n) is 11.2. The Morgan fingerprint density at radius 1 is 1.41 bits per heavy atom. The van der Waals surface area contributed by atoms with Gasteiger partial charge in [-0.15, -0.1) is 6.58 Å². The monoisotopic (exact) mass is 402 g/mol. The molecule has 0 spiro atoms. The van der Waals surface area contributed by atoms with Crippen LogP contribution in [0.3, 0.4) is 0 Å². The number of hydrogen-bond donors (Lipinski definition) is 2. The molecule has 4 heteroatoms. The van der Waals surface area contributed by atoms with E-state index in [0.717, 1.165) is 19.3 Å². The second kappa shape index (κ2) is 8.39. The van der Waals surface area contributed by atoms with Crippen LogP contribution >= 0.6 is 0 Å². The minimum absolute atomic E-state index is 0.0776. The smallest absolute Gasteiger partial charge is 0.333 e. The van der Waals surface area contributed by atoms with Crippen molar-refractivity contribution < 1.29 is 19.7 Å². The van der Waals surface area contributed by atoms with Crippen LogP contribution in [-0.2, 0) is 9.53 Å². The number of ether oxygens (including phenoxy) is 1. The van der Waals surface area contributed by atoms with Gasteiger partial charge < -0.3 is 14.9 Å². The maximum absolute atomic E-state index is 11.5. The van der Waals surface area contributed by atoms with E-state index in [9.17, 15) is 15.0 Å². The van der Waals surface area contributed by atoms with Crippen LogP contribution in [0.4, 0.5) is 0 Å². The van der Waals surface area contributed by atoms with Gasteiger partial charge in [-0.05, 0) is 74.5 Å². The summed E-state index contributed by atoms with van der Waals surface area (Å²) in [6.07, 6.45) is 10.1. The molecule has 6 unspecified atom stereocenters. The Kier molecular flexibility index (Phi) is 6.45. The molecule has 1 fully saturated rings. The average molecular weight is 403 g/mol. The van der Waals surface area contributed by atoms with Gasteiger partial charge in [0.05, 0.1) is 6.10 Å². The summed E-state index contributed by atoms with van der Waals surface area (Å²) >= 11 is 0. The van der Waals surface area contributed by atoms with E-state index in [1.807, 2.05) is 0 Å².